The van der Waals surface area contributed by atoms with Gasteiger partial charge in [0.05, 0.1) is 0 Å². The molecule has 1 fully saturated rings. The highest BCUT2D eigenvalue weighted by atomic mass is 19.1. The van der Waals surface area contributed by atoms with Crippen LogP contribution < -0.4 is 5.32 Å². The summed E-state index contributed by atoms with van der Waals surface area (Å²) in [5.74, 6) is -0.756. The number of phenols is 1. The molecule has 0 bridgehead atoms. The molecule has 88 valence electrons. The molecule has 1 aliphatic rings. The van der Waals surface area contributed by atoms with Gasteiger partial charge in [-0.3, -0.25) is 4.90 Å². The van der Waals surface area contributed by atoms with Crippen LogP contribution in [0.1, 0.15) is 18.5 Å². The van der Waals surface area contributed by atoms with Crippen molar-refractivity contribution >= 4 is 0 Å². The van der Waals surface area contributed by atoms with Crippen molar-refractivity contribution in [1.82, 2.24) is 10.2 Å². The van der Waals surface area contributed by atoms with Crippen LogP contribution in [0.4, 0.5) is 4.39 Å². The number of benzene rings is 1. The van der Waals surface area contributed by atoms with E-state index in [-0.39, 0.29) is 11.8 Å². The first-order valence-corrected chi connectivity index (χ1v) is 5.62. The molecule has 0 spiro atoms. The number of nitrogens with zero attached hydrogens (tertiary/aromatic N) is 1. The fourth-order valence-corrected chi connectivity index (χ4v) is 2.14. The second kappa shape index (κ2) is 4.80. The number of aromatic hydroxyl groups is 1. The first-order chi connectivity index (χ1) is 7.70. The quantitative estimate of drug-likeness (QED) is 0.799. The van der Waals surface area contributed by atoms with Gasteiger partial charge in [0.1, 0.15) is 0 Å². The maximum atomic E-state index is 13.2. The van der Waals surface area contributed by atoms with Crippen molar-refractivity contribution < 1.29 is 9.50 Å². The number of hydrogen-bond acceptors (Lipinski definition) is 3. The third-order valence-electron chi connectivity index (χ3n) is 3.17. The molecule has 3 nitrogen and oxygen atoms in total. The van der Waals surface area contributed by atoms with Gasteiger partial charge >= 0.3 is 0 Å². The topological polar surface area (TPSA) is 35.5 Å². The molecular weight excluding hydrogens is 207 g/mol. The molecule has 2 rings (SSSR count). The minimum atomic E-state index is -0.542. The number of hydrogen-bond donors (Lipinski definition) is 2. The van der Waals surface area contributed by atoms with Crippen molar-refractivity contribution in [2.75, 3.05) is 26.2 Å². The summed E-state index contributed by atoms with van der Waals surface area (Å²) < 4.78 is 13.2. The van der Waals surface area contributed by atoms with Crippen LogP contribution in [0.3, 0.4) is 0 Å². The summed E-state index contributed by atoms with van der Waals surface area (Å²) in [5.41, 5.74) is 0.668. The molecule has 1 aromatic rings. The van der Waals surface area contributed by atoms with Gasteiger partial charge in [0, 0.05) is 37.8 Å². The fraction of sp³-hybridized carbons (Fsp3) is 0.500. The normalized spacial score (nSPS) is 19.6. The van der Waals surface area contributed by atoms with Gasteiger partial charge in [-0.25, -0.2) is 4.39 Å². The maximum Gasteiger partial charge on any atom is 0.165 e. The smallest absolute Gasteiger partial charge is 0.165 e. The summed E-state index contributed by atoms with van der Waals surface area (Å²) in [7, 11) is 0. The van der Waals surface area contributed by atoms with Crippen molar-refractivity contribution in [3.8, 4) is 5.75 Å². The molecule has 0 aromatic heterocycles. The van der Waals surface area contributed by atoms with Crippen molar-refractivity contribution in [2.24, 2.45) is 0 Å². The summed E-state index contributed by atoms with van der Waals surface area (Å²) in [6.07, 6.45) is 0. The molecule has 0 saturated carbocycles. The Bertz CT molecular complexity index is 364. The van der Waals surface area contributed by atoms with Gasteiger partial charge in [0.2, 0.25) is 0 Å². The lowest BCUT2D eigenvalue weighted by atomic mass is 10.0. The van der Waals surface area contributed by atoms with Gasteiger partial charge < -0.3 is 10.4 Å². The lowest BCUT2D eigenvalue weighted by Crippen LogP contribution is -2.44. The van der Waals surface area contributed by atoms with Crippen LogP contribution in [-0.4, -0.2) is 36.2 Å². The minimum Gasteiger partial charge on any atom is -0.505 e. The summed E-state index contributed by atoms with van der Waals surface area (Å²) in [6, 6.07) is 4.76. The van der Waals surface area contributed by atoms with Gasteiger partial charge in [-0.1, -0.05) is 12.1 Å². The van der Waals surface area contributed by atoms with E-state index < -0.39 is 5.82 Å². The molecule has 1 aromatic carbocycles. The first-order valence-electron chi connectivity index (χ1n) is 5.62. The van der Waals surface area contributed by atoms with Gasteiger partial charge in [0.15, 0.2) is 11.6 Å². The monoisotopic (exact) mass is 224 g/mol. The summed E-state index contributed by atoms with van der Waals surface area (Å²) in [6.45, 7) is 5.74. The molecule has 0 amide bonds. The molecule has 1 heterocycles. The molecule has 16 heavy (non-hydrogen) atoms. The van der Waals surface area contributed by atoms with Crippen LogP contribution in [0.2, 0.25) is 0 Å². The number of nitrogens with one attached hydrogen (secondary N) is 1. The third kappa shape index (κ3) is 2.18. The lowest BCUT2D eigenvalue weighted by molar-refractivity contribution is 0.182. The number of phenolic OH excluding ortho intramolecular Hbond substituents is 1. The Morgan fingerprint density at radius 2 is 2.06 bits per heavy atom. The average molecular weight is 224 g/mol. The highest BCUT2D eigenvalue weighted by Gasteiger charge is 2.21. The third-order valence-corrected chi connectivity index (χ3v) is 3.17. The van der Waals surface area contributed by atoms with Crippen LogP contribution in [0.5, 0.6) is 5.75 Å². The van der Waals surface area contributed by atoms with Crippen molar-refractivity contribution in [3.63, 3.8) is 0 Å². The van der Waals surface area contributed by atoms with Gasteiger partial charge in [0.25, 0.3) is 0 Å². The fourth-order valence-electron chi connectivity index (χ4n) is 2.14. The Kier molecular flexibility index (Phi) is 3.41. The Balaban J connectivity index is 2.19. The van der Waals surface area contributed by atoms with Gasteiger partial charge in [-0.05, 0) is 13.0 Å². The first kappa shape index (κ1) is 11.4. The minimum absolute atomic E-state index is 0.0535. The molecule has 1 atom stereocenters. The molecule has 1 aliphatic heterocycles. The zero-order valence-electron chi connectivity index (χ0n) is 9.41. The van der Waals surface area contributed by atoms with Crippen LogP contribution in [0.25, 0.3) is 0 Å². The summed E-state index contributed by atoms with van der Waals surface area (Å²) >= 11 is 0. The Hall–Kier alpha value is -1.13. The predicted octanol–water partition coefficient (Wildman–Crippen LogP) is 1.50. The van der Waals surface area contributed by atoms with Crippen LogP contribution in [-0.2, 0) is 0 Å². The van der Waals surface area contributed by atoms with Crippen LogP contribution >= 0.6 is 0 Å². The second-order valence-electron chi connectivity index (χ2n) is 4.14. The summed E-state index contributed by atoms with van der Waals surface area (Å²) in [4.78, 5) is 2.24. The molecule has 2 N–H and O–H groups in total. The van der Waals surface area contributed by atoms with E-state index in [1.54, 1.807) is 12.1 Å². The highest BCUT2D eigenvalue weighted by Crippen LogP contribution is 2.30. The number of para-hydroxylation sites is 1. The Morgan fingerprint density at radius 1 is 1.38 bits per heavy atom. The maximum absolute atomic E-state index is 13.2. The Morgan fingerprint density at radius 3 is 2.75 bits per heavy atom. The van der Waals surface area contributed by atoms with E-state index in [0.29, 0.717) is 5.56 Å². The summed E-state index contributed by atoms with van der Waals surface area (Å²) in [5, 5.41) is 13.0. The molecule has 1 saturated heterocycles. The molecular formula is C12H17FN2O. The number of halogens is 1. The molecule has 0 radical (unpaired) electrons. The van der Waals surface area contributed by atoms with Crippen LogP contribution in [0, 0.1) is 5.82 Å². The number of rotatable bonds is 2. The highest BCUT2D eigenvalue weighted by molar-refractivity contribution is 5.35. The lowest BCUT2D eigenvalue weighted by Gasteiger charge is -2.33. The van der Waals surface area contributed by atoms with E-state index in [9.17, 15) is 9.50 Å². The van der Waals surface area contributed by atoms with Crippen LogP contribution in [0.15, 0.2) is 18.2 Å². The van der Waals surface area contributed by atoms with Gasteiger partial charge in [-0.15, -0.1) is 0 Å². The zero-order valence-corrected chi connectivity index (χ0v) is 9.41. The zero-order chi connectivity index (χ0) is 11.5. The second-order valence-corrected chi connectivity index (χ2v) is 4.14. The van der Waals surface area contributed by atoms with E-state index in [2.05, 4.69) is 10.2 Å². The van der Waals surface area contributed by atoms with Crippen molar-refractivity contribution in [3.05, 3.63) is 29.6 Å². The van der Waals surface area contributed by atoms with E-state index in [1.807, 2.05) is 6.92 Å². The van der Waals surface area contributed by atoms with Gasteiger partial charge in [-0.2, -0.15) is 0 Å². The SMILES string of the molecule is C[C@H](c1cccc(F)c1O)N1CCNCC1. The van der Waals surface area contributed by atoms with E-state index in [4.69, 9.17) is 0 Å². The van der Waals surface area contributed by atoms with E-state index in [1.165, 1.54) is 6.07 Å². The molecule has 0 unspecified atom stereocenters. The number of piperazine rings is 1. The largest absolute Gasteiger partial charge is 0.505 e. The predicted molar refractivity (Wildman–Crippen MR) is 60.9 cm³/mol. The van der Waals surface area contributed by atoms with Crippen molar-refractivity contribution in [2.45, 2.75) is 13.0 Å². The van der Waals surface area contributed by atoms with E-state index >= 15 is 0 Å². The molecule has 0 aliphatic carbocycles. The standard InChI is InChI=1S/C12H17FN2O/c1-9(15-7-5-14-6-8-15)10-3-2-4-11(13)12(10)16/h2-4,9,14,16H,5-8H2,1H3/t9-/m1/s1. The average Bonchev–Trinajstić information content (AvgIpc) is 2.33. The van der Waals surface area contributed by atoms with Crippen molar-refractivity contribution in [1.29, 1.82) is 0 Å². The van der Waals surface area contributed by atoms with E-state index in [0.717, 1.165) is 26.2 Å². The molecule has 4 heteroatoms. The Labute approximate surface area is 94.9 Å².